The van der Waals surface area contributed by atoms with Gasteiger partial charge in [-0.3, -0.25) is 0 Å². The Morgan fingerprint density at radius 1 is 1.46 bits per heavy atom. The van der Waals surface area contributed by atoms with Crippen LogP contribution in [0.5, 0.6) is 5.75 Å². The van der Waals surface area contributed by atoms with E-state index in [0.717, 1.165) is 10.2 Å². The van der Waals surface area contributed by atoms with Crippen LogP contribution in [-0.4, -0.2) is 6.61 Å². The van der Waals surface area contributed by atoms with E-state index in [9.17, 15) is 0 Å². The van der Waals surface area contributed by atoms with Gasteiger partial charge >= 0.3 is 0 Å². The number of hydrogen-bond donors (Lipinski definition) is 0. The second kappa shape index (κ2) is 4.87. The van der Waals surface area contributed by atoms with Gasteiger partial charge in [0.2, 0.25) is 0 Å². The molecular formula is C10H12BrClO. The first kappa shape index (κ1) is 10.9. The van der Waals surface area contributed by atoms with E-state index >= 15 is 0 Å². The van der Waals surface area contributed by atoms with E-state index in [1.54, 1.807) is 0 Å². The molecule has 1 nitrogen and oxygen atoms in total. The molecular weight excluding hydrogens is 251 g/mol. The molecule has 1 aromatic rings. The van der Waals surface area contributed by atoms with E-state index in [1.807, 2.05) is 18.2 Å². The Kier molecular flexibility index (Phi) is 4.07. The van der Waals surface area contributed by atoms with Gasteiger partial charge in [-0.2, -0.15) is 0 Å². The third kappa shape index (κ3) is 3.57. The van der Waals surface area contributed by atoms with Crippen molar-refractivity contribution in [2.45, 2.75) is 13.8 Å². The van der Waals surface area contributed by atoms with Crippen LogP contribution >= 0.6 is 27.5 Å². The predicted molar refractivity (Wildman–Crippen MR) is 59.5 cm³/mol. The van der Waals surface area contributed by atoms with Crippen molar-refractivity contribution < 1.29 is 4.74 Å². The summed E-state index contributed by atoms with van der Waals surface area (Å²) in [4.78, 5) is 0. The molecule has 0 saturated heterocycles. The highest BCUT2D eigenvalue weighted by Gasteiger charge is 2.02. The fourth-order valence-electron chi connectivity index (χ4n) is 0.844. The zero-order valence-corrected chi connectivity index (χ0v) is 10.0. The van der Waals surface area contributed by atoms with Crippen LogP contribution in [0, 0.1) is 5.92 Å². The quantitative estimate of drug-likeness (QED) is 0.796. The molecule has 0 heterocycles. The zero-order valence-electron chi connectivity index (χ0n) is 7.68. The molecule has 0 aliphatic rings. The molecule has 0 aliphatic heterocycles. The number of halogens is 2. The van der Waals surface area contributed by atoms with E-state index in [-0.39, 0.29) is 0 Å². The molecule has 72 valence electrons. The topological polar surface area (TPSA) is 9.23 Å². The van der Waals surface area contributed by atoms with Gasteiger partial charge in [0.05, 0.1) is 11.6 Å². The smallest absolute Gasteiger partial charge is 0.139 e. The van der Waals surface area contributed by atoms with Crippen molar-refractivity contribution in [1.82, 2.24) is 0 Å². The third-order valence-electron chi connectivity index (χ3n) is 1.47. The van der Waals surface area contributed by atoms with Gasteiger partial charge in [-0.15, -0.1) is 0 Å². The average molecular weight is 264 g/mol. The molecule has 0 saturated carbocycles. The molecule has 1 aromatic carbocycles. The molecule has 0 aliphatic carbocycles. The predicted octanol–water partition coefficient (Wildman–Crippen LogP) is 4.14. The van der Waals surface area contributed by atoms with Crippen molar-refractivity contribution in [3.63, 3.8) is 0 Å². The summed E-state index contributed by atoms with van der Waals surface area (Å²) in [6.07, 6.45) is 0. The highest BCUT2D eigenvalue weighted by atomic mass is 79.9. The van der Waals surface area contributed by atoms with Gasteiger partial charge in [0.25, 0.3) is 0 Å². The molecule has 0 radical (unpaired) electrons. The van der Waals surface area contributed by atoms with Crippen LogP contribution in [0.4, 0.5) is 0 Å². The van der Waals surface area contributed by atoms with E-state index in [4.69, 9.17) is 16.3 Å². The van der Waals surface area contributed by atoms with Crippen LogP contribution in [-0.2, 0) is 0 Å². The lowest BCUT2D eigenvalue weighted by Gasteiger charge is -2.10. The monoisotopic (exact) mass is 262 g/mol. The van der Waals surface area contributed by atoms with Crippen molar-refractivity contribution in [1.29, 1.82) is 0 Å². The van der Waals surface area contributed by atoms with Gasteiger partial charge in [0.1, 0.15) is 5.75 Å². The Bertz CT molecular complexity index is 286. The molecule has 1 rings (SSSR count). The number of ether oxygens (including phenoxy) is 1. The first-order valence-electron chi connectivity index (χ1n) is 4.17. The van der Waals surface area contributed by atoms with Crippen LogP contribution in [0.15, 0.2) is 22.7 Å². The van der Waals surface area contributed by atoms with Crippen LogP contribution in [0.25, 0.3) is 0 Å². The van der Waals surface area contributed by atoms with E-state index in [1.165, 1.54) is 0 Å². The molecule has 3 heteroatoms. The van der Waals surface area contributed by atoms with Gasteiger partial charge in [0.15, 0.2) is 0 Å². The van der Waals surface area contributed by atoms with E-state index in [2.05, 4.69) is 29.8 Å². The second-order valence-electron chi connectivity index (χ2n) is 3.28. The average Bonchev–Trinajstić information content (AvgIpc) is 2.06. The first-order valence-corrected chi connectivity index (χ1v) is 5.34. The molecule has 0 N–H and O–H groups in total. The molecule has 0 amide bonds. The lowest BCUT2D eigenvalue weighted by molar-refractivity contribution is 0.271. The highest BCUT2D eigenvalue weighted by Crippen LogP contribution is 2.28. The number of benzene rings is 1. The second-order valence-corrected chi connectivity index (χ2v) is 4.60. The molecule has 0 bridgehead atoms. The molecule has 0 unspecified atom stereocenters. The van der Waals surface area contributed by atoms with Crippen molar-refractivity contribution in [3.05, 3.63) is 27.7 Å². The summed E-state index contributed by atoms with van der Waals surface area (Å²) in [7, 11) is 0. The lowest BCUT2D eigenvalue weighted by atomic mass is 10.2. The van der Waals surface area contributed by atoms with Crippen molar-refractivity contribution in [2.24, 2.45) is 5.92 Å². The fourth-order valence-corrected chi connectivity index (χ4v) is 1.36. The fraction of sp³-hybridized carbons (Fsp3) is 0.400. The maximum absolute atomic E-state index is 5.93. The SMILES string of the molecule is CC(C)COc1cc(Br)ccc1Cl. The minimum absolute atomic E-state index is 0.509. The van der Waals surface area contributed by atoms with Gasteiger partial charge in [0, 0.05) is 4.47 Å². The maximum Gasteiger partial charge on any atom is 0.139 e. The van der Waals surface area contributed by atoms with Gasteiger partial charge < -0.3 is 4.74 Å². The van der Waals surface area contributed by atoms with Gasteiger partial charge in [-0.1, -0.05) is 41.4 Å². The Morgan fingerprint density at radius 2 is 2.15 bits per heavy atom. The Hall–Kier alpha value is -0.210. The number of hydrogen-bond acceptors (Lipinski definition) is 1. The Balaban J connectivity index is 2.70. The van der Waals surface area contributed by atoms with Crippen LogP contribution in [0.1, 0.15) is 13.8 Å². The molecule has 0 fully saturated rings. The summed E-state index contributed by atoms with van der Waals surface area (Å²) in [5.41, 5.74) is 0. The normalized spacial score (nSPS) is 10.5. The summed E-state index contributed by atoms with van der Waals surface area (Å²) in [5.74, 6) is 1.25. The van der Waals surface area contributed by atoms with Crippen molar-refractivity contribution in [3.8, 4) is 5.75 Å². The third-order valence-corrected chi connectivity index (χ3v) is 2.27. The minimum Gasteiger partial charge on any atom is -0.492 e. The minimum atomic E-state index is 0.509. The molecule has 0 atom stereocenters. The van der Waals surface area contributed by atoms with Crippen molar-refractivity contribution in [2.75, 3.05) is 6.61 Å². The zero-order chi connectivity index (χ0) is 9.84. The van der Waals surface area contributed by atoms with E-state index in [0.29, 0.717) is 17.5 Å². The largest absolute Gasteiger partial charge is 0.492 e. The molecule has 13 heavy (non-hydrogen) atoms. The Morgan fingerprint density at radius 3 is 2.77 bits per heavy atom. The highest BCUT2D eigenvalue weighted by molar-refractivity contribution is 9.10. The summed E-state index contributed by atoms with van der Waals surface area (Å²) >= 11 is 9.30. The van der Waals surface area contributed by atoms with Gasteiger partial charge in [-0.25, -0.2) is 0 Å². The number of rotatable bonds is 3. The first-order chi connectivity index (χ1) is 6.09. The maximum atomic E-state index is 5.93. The van der Waals surface area contributed by atoms with Crippen LogP contribution < -0.4 is 4.74 Å². The van der Waals surface area contributed by atoms with Crippen LogP contribution in [0.2, 0.25) is 5.02 Å². The standard InChI is InChI=1S/C10H12BrClO/c1-7(2)6-13-10-5-8(11)3-4-9(10)12/h3-5,7H,6H2,1-2H3. The molecule has 0 spiro atoms. The summed E-state index contributed by atoms with van der Waals surface area (Å²) in [6.45, 7) is 4.90. The van der Waals surface area contributed by atoms with Gasteiger partial charge in [-0.05, 0) is 24.1 Å². The van der Waals surface area contributed by atoms with Crippen molar-refractivity contribution >= 4 is 27.5 Å². The lowest BCUT2D eigenvalue weighted by Crippen LogP contribution is -2.04. The Labute approximate surface area is 92.2 Å². The van der Waals surface area contributed by atoms with Crippen LogP contribution in [0.3, 0.4) is 0 Å². The molecule has 0 aromatic heterocycles. The summed E-state index contributed by atoms with van der Waals surface area (Å²) < 4.78 is 6.50. The summed E-state index contributed by atoms with van der Waals surface area (Å²) in [5, 5.41) is 0.656. The summed E-state index contributed by atoms with van der Waals surface area (Å²) in [6, 6.07) is 5.59. The van der Waals surface area contributed by atoms with E-state index < -0.39 is 0 Å².